The fraction of sp³-hybridized carbons (Fsp3) is 0.625. The Morgan fingerprint density at radius 2 is 2.38 bits per heavy atom. The SMILES string of the molecule is CC1(C(=O)O)CCC=CC1[N+](=O)[O-]. The number of nitro groups is 1. The third-order valence-corrected chi connectivity index (χ3v) is 2.52. The first kappa shape index (κ1) is 9.70. The highest BCUT2D eigenvalue weighted by Gasteiger charge is 2.48. The summed E-state index contributed by atoms with van der Waals surface area (Å²) in [5.74, 6) is -1.10. The summed E-state index contributed by atoms with van der Waals surface area (Å²) in [6, 6.07) is -1.10. The van der Waals surface area contributed by atoms with E-state index in [0.29, 0.717) is 12.8 Å². The van der Waals surface area contributed by atoms with Crippen LogP contribution in [0.2, 0.25) is 0 Å². The van der Waals surface area contributed by atoms with E-state index in [1.54, 1.807) is 6.08 Å². The first-order chi connectivity index (χ1) is 5.98. The van der Waals surface area contributed by atoms with Crippen molar-refractivity contribution in [2.75, 3.05) is 0 Å². The summed E-state index contributed by atoms with van der Waals surface area (Å²) >= 11 is 0. The molecule has 1 aliphatic rings. The number of hydrogen-bond acceptors (Lipinski definition) is 3. The van der Waals surface area contributed by atoms with Gasteiger partial charge in [0.05, 0.1) is 0 Å². The minimum Gasteiger partial charge on any atom is -0.481 e. The monoisotopic (exact) mass is 185 g/mol. The van der Waals surface area contributed by atoms with Gasteiger partial charge < -0.3 is 5.11 Å². The van der Waals surface area contributed by atoms with Gasteiger partial charge >= 0.3 is 5.97 Å². The molecule has 0 saturated carbocycles. The van der Waals surface area contributed by atoms with Crippen molar-refractivity contribution in [2.24, 2.45) is 5.41 Å². The van der Waals surface area contributed by atoms with Crippen LogP contribution in [0.5, 0.6) is 0 Å². The number of hydrogen-bond donors (Lipinski definition) is 1. The quantitative estimate of drug-likeness (QED) is 0.396. The molecule has 0 saturated heterocycles. The lowest BCUT2D eigenvalue weighted by atomic mass is 9.75. The minimum absolute atomic E-state index is 0.324. The van der Waals surface area contributed by atoms with Crippen molar-refractivity contribution in [1.29, 1.82) is 0 Å². The van der Waals surface area contributed by atoms with E-state index in [9.17, 15) is 14.9 Å². The third-order valence-electron chi connectivity index (χ3n) is 2.52. The van der Waals surface area contributed by atoms with Gasteiger partial charge in [-0.3, -0.25) is 14.9 Å². The maximum atomic E-state index is 10.9. The molecule has 2 unspecified atom stereocenters. The van der Waals surface area contributed by atoms with Crippen LogP contribution in [0.25, 0.3) is 0 Å². The van der Waals surface area contributed by atoms with E-state index in [1.165, 1.54) is 13.0 Å². The molecular weight excluding hydrogens is 174 g/mol. The smallest absolute Gasteiger partial charge is 0.316 e. The van der Waals surface area contributed by atoms with E-state index in [1.807, 2.05) is 0 Å². The second kappa shape index (κ2) is 3.16. The van der Waals surface area contributed by atoms with Gasteiger partial charge in [0.1, 0.15) is 5.41 Å². The van der Waals surface area contributed by atoms with Gasteiger partial charge in [-0.2, -0.15) is 0 Å². The van der Waals surface area contributed by atoms with Gasteiger partial charge in [0.15, 0.2) is 0 Å². The summed E-state index contributed by atoms with van der Waals surface area (Å²) in [4.78, 5) is 20.9. The molecule has 0 aromatic heterocycles. The Balaban J connectivity index is 3.01. The van der Waals surface area contributed by atoms with E-state index in [2.05, 4.69) is 0 Å². The molecule has 0 aromatic carbocycles. The van der Waals surface area contributed by atoms with Crippen LogP contribution in [-0.2, 0) is 4.79 Å². The highest BCUT2D eigenvalue weighted by molar-refractivity contribution is 5.75. The lowest BCUT2D eigenvalue weighted by Crippen LogP contribution is -2.44. The number of nitrogens with zero attached hydrogens (tertiary/aromatic N) is 1. The van der Waals surface area contributed by atoms with Crippen molar-refractivity contribution >= 4 is 5.97 Å². The average molecular weight is 185 g/mol. The molecule has 0 amide bonds. The summed E-state index contributed by atoms with van der Waals surface area (Å²) in [5, 5.41) is 19.4. The van der Waals surface area contributed by atoms with E-state index < -0.39 is 22.3 Å². The molecule has 5 heteroatoms. The molecule has 0 aromatic rings. The van der Waals surface area contributed by atoms with Crippen molar-refractivity contribution in [3.8, 4) is 0 Å². The summed E-state index contributed by atoms with van der Waals surface area (Å²) < 4.78 is 0. The number of allylic oxidation sites excluding steroid dienone is 1. The van der Waals surface area contributed by atoms with E-state index in [4.69, 9.17) is 5.11 Å². The van der Waals surface area contributed by atoms with Crippen molar-refractivity contribution < 1.29 is 14.8 Å². The third kappa shape index (κ3) is 1.54. The maximum Gasteiger partial charge on any atom is 0.316 e. The Labute approximate surface area is 75.2 Å². The lowest BCUT2D eigenvalue weighted by molar-refractivity contribution is -0.525. The molecule has 2 atom stereocenters. The van der Waals surface area contributed by atoms with Gasteiger partial charge in [-0.15, -0.1) is 0 Å². The predicted molar refractivity (Wildman–Crippen MR) is 44.9 cm³/mol. The second-order valence-electron chi connectivity index (χ2n) is 3.42. The standard InChI is InChI=1S/C8H11NO4/c1-8(7(10)11)5-3-2-4-6(8)9(12)13/h2,4,6H,3,5H2,1H3,(H,10,11). The van der Waals surface area contributed by atoms with Crippen LogP contribution < -0.4 is 0 Å². The Hall–Kier alpha value is -1.39. The fourth-order valence-corrected chi connectivity index (χ4v) is 1.50. The van der Waals surface area contributed by atoms with E-state index in [-0.39, 0.29) is 0 Å². The van der Waals surface area contributed by atoms with Crippen molar-refractivity contribution in [3.63, 3.8) is 0 Å². The number of rotatable bonds is 2. The van der Waals surface area contributed by atoms with Crippen molar-refractivity contribution in [1.82, 2.24) is 0 Å². The molecule has 1 N–H and O–H groups in total. The maximum absolute atomic E-state index is 10.9. The molecule has 0 heterocycles. The number of carboxylic acid groups (broad SMARTS) is 1. The molecular formula is C8H11NO4. The van der Waals surface area contributed by atoms with E-state index >= 15 is 0 Å². The summed E-state index contributed by atoms with van der Waals surface area (Å²) in [5.41, 5.74) is -1.25. The number of carbonyl (C=O) groups is 1. The van der Waals surface area contributed by atoms with Crippen LogP contribution in [0.3, 0.4) is 0 Å². The molecule has 5 nitrogen and oxygen atoms in total. The first-order valence-corrected chi connectivity index (χ1v) is 4.02. The van der Waals surface area contributed by atoms with Gasteiger partial charge in [-0.25, -0.2) is 0 Å². The lowest BCUT2D eigenvalue weighted by Gasteiger charge is -2.28. The highest BCUT2D eigenvalue weighted by atomic mass is 16.6. The molecule has 1 rings (SSSR count). The van der Waals surface area contributed by atoms with Crippen LogP contribution in [0.1, 0.15) is 19.8 Å². The van der Waals surface area contributed by atoms with Gasteiger partial charge in [-0.05, 0) is 25.8 Å². The largest absolute Gasteiger partial charge is 0.481 e. The fourth-order valence-electron chi connectivity index (χ4n) is 1.50. The Morgan fingerprint density at radius 1 is 1.77 bits per heavy atom. The first-order valence-electron chi connectivity index (χ1n) is 4.02. The Bertz CT molecular complexity index is 273. The van der Waals surface area contributed by atoms with Crippen LogP contribution in [0.4, 0.5) is 0 Å². The minimum atomic E-state index is -1.25. The zero-order valence-electron chi connectivity index (χ0n) is 7.27. The molecule has 13 heavy (non-hydrogen) atoms. The molecule has 1 aliphatic carbocycles. The van der Waals surface area contributed by atoms with Crippen molar-refractivity contribution in [3.05, 3.63) is 22.3 Å². The van der Waals surface area contributed by atoms with Crippen LogP contribution in [0.15, 0.2) is 12.2 Å². The molecule has 0 fully saturated rings. The molecule has 0 spiro atoms. The predicted octanol–water partition coefficient (Wildman–Crippen LogP) is 1.07. The summed E-state index contributed by atoms with van der Waals surface area (Å²) in [6.07, 6.45) is 3.95. The van der Waals surface area contributed by atoms with Crippen LogP contribution in [0, 0.1) is 15.5 Å². The van der Waals surface area contributed by atoms with Gasteiger partial charge in [0, 0.05) is 4.92 Å². The topological polar surface area (TPSA) is 80.4 Å². The molecule has 72 valence electrons. The van der Waals surface area contributed by atoms with Crippen molar-refractivity contribution in [2.45, 2.75) is 25.8 Å². The summed E-state index contributed by atoms with van der Waals surface area (Å²) in [7, 11) is 0. The molecule has 0 radical (unpaired) electrons. The Kier molecular flexibility index (Phi) is 2.36. The number of aliphatic carboxylic acids is 1. The average Bonchev–Trinajstić information content (AvgIpc) is 2.04. The summed E-state index contributed by atoms with van der Waals surface area (Å²) in [6.45, 7) is 1.42. The normalized spacial score (nSPS) is 32.8. The zero-order valence-corrected chi connectivity index (χ0v) is 7.27. The van der Waals surface area contributed by atoms with Gasteiger partial charge in [-0.1, -0.05) is 6.08 Å². The van der Waals surface area contributed by atoms with E-state index in [0.717, 1.165) is 0 Å². The number of carboxylic acids is 1. The molecule has 0 bridgehead atoms. The van der Waals surface area contributed by atoms with Gasteiger partial charge in [0.25, 0.3) is 0 Å². The highest BCUT2D eigenvalue weighted by Crippen LogP contribution is 2.34. The van der Waals surface area contributed by atoms with Crippen LogP contribution >= 0.6 is 0 Å². The van der Waals surface area contributed by atoms with Crippen LogP contribution in [-0.4, -0.2) is 22.0 Å². The zero-order chi connectivity index (χ0) is 10.1. The Morgan fingerprint density at radius 3 is 2.77 bits per heavy atom. The second-order valence-corrected chi connectivity index (χ2v) is 3.42. The van der Waals surface area contributed by atoms with Gasteiger partial charge in [0.2, 0.25) is 6.04 Å². The molecule has 0 aliphatic heterocycles.